The Morgan fingerprint density at radius 2 is 2.22 bits per heavy atom. The van der Waals surface area contributed by atoms with Crippen molar-refractivity contribution in [2.45, 2.75) is 37.9 Å². The van der Waals surface area contributed by atoms with E-state index in [2.05, 4.69) is 15.3 Å². The molecule has 1 N–H and O–H groups in total. The highest BCUT2D eigenvalue weighted by Gasteiger charge is 2.28. The lowest BCUT2D eigenvalue weighted by Crippen LogP contribution is -2.37. The maximum atomic E-state index is 12.4. The minimum absolute atomic E-state index is 0.0980. The van der Waals surface area contributed by atoms with Gasteiger partial charge in [0.25, 0.3) is 5.56 Å². The first-order chi connectivity index (χ1) is 10.8. The molecule has 8 heteroatoms. The molecule has 6 nitrogen and oxygen atoms in total. The monoisotopic (exact) mass is 350 g/mol. The SMILES string of the molecule is CC(C)(C)c1cc(=O)n2c(n1)SCC(C(=O)Nc1nccs1)C2. The summed E-state index contributed by atoms with van der Waals surface area (Å²) in [6.07, 6.45) is 1.65. The molecule has 0 aromatic carbocycles. The lowest BCUT2D eigenvalue weighted by molar-refractivity contribution is -0.119. The Balaban J connectivity index is 1.81. The van der Waals surface area contributed by atoms with E-state index in [1.54, 1.807) is 16.8 Å². The van der Waals surface area contributed by atoms with Gasteiger partial charge in [0.15, 0.2) is 10.3 Å². The molecule has 0 radical (unpaired) electrons. The molecule has 122 valence electrons. The number of nitrogens with one attached hydrogen (secondary N) is 1. The summed E-state index contributed by atoms with van der Waals surface area (Å²) in [5.74, 6) is 0.235. The van der Waals surface area contributed by atoms with Gasteiger partial charge in [0.2, 0.25) is 5.91 Å². The molecular weight excluding hydrogens is 332 g/mol. The molecule has 1 unspecified atom stereocenters. The number of thioether (sulfide) groups is 1. The second-order valence-corrected chi connectivity index (χ2v) is 8.34. The van der Waals surface area contributed by atoms with Crippen molar-refractivity contribution in [1.82, 2.24) is 14.5 Å². The van der Waals surface area contributed by atoms with Crippen LogP contribution in [-0.4, -0.2) is 26.2 Å². The van der Waals surface area contributed by atoms with E-state index in [1.807, 2.05) is 26.2 Å². The van der Waals surface area contributed by atoms with Crippen LogP contribution in [0.15, 0.2) is 27.6 Å². The molecule has 2 aromatic heterocycles. The van der Waals surface area contributed by atoms with E-state index in [0.29, 0.717) is 22.6 Å². The number of hydrogen-bond acceptors (Lipinski definition) is 6. The van der Waals surface area contributed by atoms with Gasteiger partial charge in [-0.15, -0.1) is 11.3 Å². The molecule has 23 heavy (non-hydrogen) atoms. The first-order valence-corrected chi connectivity index (χ1v) is 9.16. The van der Waals surface area contributed by atoms with Gasteiger partial charge in [-0.2, -0.15) is 0 Å². The molecule has 1 amide bonds. The van der Waals surface area contributed by atoms with Crippen LogP contribution in [0.5, 0.6) is 0 Å². The molecular formula is C15H18N4O2S2. The van der Waals surface area contributed by atoms with E-state index >= 15 is 0 Å². The molecule has 0 aliphatic carbocycles. The van der Waals surface area contributed by atoms with E-state index < -0.39 is 0 Å². The third-order valence-electron chi connectivity index (χ3n) is 3.59. The van der Waals surface area contributed by atoms with Gasteiger partial charge in [-0.05, 0) is 0 Å². The van der Waals surface area contributed by atoms with Gasteiger partial charge in [-0.1, -0.05) is 32.5 Å². The van der Waals surface area contributed by atoms with Crippen molar-refractivity contribution in [3.8, 4) is 0 Å². The minimum atomic E-state index is -0.267. The summed E-state index contributed by atoms with van der Waals surface area (Å²) in [6.45, 7) is 6.45. The maximum absolute atomic E-state index is 12.4. The van der Waals surface area contributed by atoms with Crippen LogP contribution >= 0.6 is 23.1 Å². The molecule has 3 heterocycles. The van der Waals surface area contributed by atoms with E-state index in [1.165, 1.54) is 23.1 Å². The van der Waals surface area contributed by atoms with Crippen LogP contribution in [0.1, 0.15) is 26.5 Å². The number of carbonyl (C=O) groups excluding carboxylic acids is 1. The fourth-order valence-electron chi connectivity index (χ4n) is 2.25. The topological polar surface area (TPSA) is 76.9 Å². The van der Waals surface area contributed by atoms with Gasteiger partial charge in [-0.3, -0.25) is 14.2 Å². The Bertz CT molecular complexity index is 778. The molecule has 1 atom stereocenters. The third kappa shape index (κ3) is 3.48. The van der Waals surface area contributed by atoms with Crippen molar-refractivity contribution in [1.29, 1.82) is 0 Å². The van der Waals surface area contributed by atoms with Gasteiger partial charge in [0, 0.05) is 35.4 Å². The fourth-order valence-corrected chi connectivity index (χ4v) is 3.87. The first kappa shape index (κ1) is 16.2. The van der Waals surface area contributed by atoms with E-state index in [0.717, 1.165) is 5.69 Å². The van der Waals surface area contributed by atoms with Crippen molar-refractivity contribution in [3.63, 3.8) is 0 Å². The number of fused-ring (bicyclic) bond motifs is 1. The van der Waals surface area contributed by atoms with Crippen LogP contribution in [0.4, 0.5) is 5.13 Å². The number of aromatic nitrogens is 3. The van der Waals surface area contributed by atoms with E-state index in [9.17, 15) is 9.59 Å². The molecule has 1 aliphatic heterocycles. The second-order valence-electron chi connectivity index (χ2n) is 6.46. The Morgan fingerprint density at radius 3 is 2.87 bits per heavy atom. The third-order valence-corrected chi connectivity index (χ3v) is 5.42. The van der Waals surface area contributed by atoms with Crippen LogP contribution in [0.2, 0.25) is 0 Å². The van der Waals surface area contributed by atoms with Crippen molar-refractivity contribution < 1.29 is 4.79 Å². The average Bonchev–Trinajstić information content (AvgIpc) is 2.98. The highest BCUT2D eigenvalue weighted by Crippen LogP contribution is 2.28. The predicted octanol–water partition coefficient (Wildman–Crippen LogP) is 2.36. The average molecular weight is 350 g/mol. The summed E-state index contributed by atoms with van der Waals surface area (Å²) in [5, 5.41) is 5.88. The normalized spacial score (nSPS) is 17.6. The predicted molar refractivity (Wildman–Crippen MR) is 92.2 cm³/mol. The zero-order chi connectivity index (χ0) is 16.6. The van der Waals surface area contributed by atoms with Crippen LogP contribution in [0.25, 0.3) is 0 Å². The van der Waals surface area contributed by atoms with Gasteiger partial charge in [0.1, 0.15) is 0 Å². The van der Waals surface area contributed by atoms with Gasteiger partial charge in [0.05, 0.1) is 11.6 Å². The fraction of sp³-hybridized carbons (Fsp3) is 0.467. The number of thiazole rings is 1. The second kappa shape index (κ2) is 6.09. The Labute approximate surface area is 142 Å². The molecule has 2 aromatic rings. The number of anilines is 1. The zero-order valence-electron chi connectivity index (χ0n) is 13.2. The largest absolute Gasteiger partial charge is 0.302 e. The summed E-state index contributed by atoms with van der Waals surface area (Å²) < 4.78 is 1.59. The molecule has 3 rings (SSSR count). The molecule has 0 fully saturated rings. The standard InChI is InChI=1S/C15H18N4O2S2/c1-15(2,3)10-6-11(20)19-7-9(8-23-14(19)17-10)12(21)18-13-16-4-5-22-13/h4-6,9H,7-8H2,1-3H3,(H,16,18,21). The number of amides is 1. The smallest absolute Gasteiger partial charge is 0.254 e. The van der Waals surface area contributed by atoms with Crippen LogP contribution < -0.4 is 10.9 Å². The van der Waals surface area contributed by atoms with Crippen LogP contribution in [-0.2, 0) is 16.8 Å². The van der Waals surface area contributed by atoms with E-state index in [4.69, 9.17) is 0 Å². The van der Waals surface area contributed by atoms with Crippen molar-refractivity contribution in [2.24, 2.45) is 5.92 Å². The Hall–Kier alpha value is -1.67. The summed E-state index contributed by atoms with van der Waals surface area (Å²) >= 11 is 2.83. The number of carbonyl (C=O) groups is 1. The van der Waals surface area contributed by atoms with E-state index in [-0.39, 0.29) is 22.8 Å². The molecule has 0 saturated carbocycles. The zero-order valence-corrected chi connectivity index (χ0v) is 14.8. The molecule has 0 bridgehead atoms. The maximum Gasteiger partial charge on any atom is 0.254 e. The summed E-state index contributed by atoms with van der Waals surface area (Å²) in [6, 6.07) is 1.57. The summed E-state index contributed by atoms with van der Waals surface area (Å²) in [5.41, 5.74) is 0.514. The summed E-state index contributed by atoms with van der Waals surface area (Å²) in [7, 11) is 0. The lowest BCUT2D eigenvalue weighted by atomic mass is 9.92. The van der Waals surface area contributed by atoms with Crippen molar-refractivity contribution in [3.05, 3.63) is 33.7 Å². The van der Waals surface area contributed by atoms with Gasteiger partial charge < -0.3 is 5.32 Å². The number of rotatable bonds is 2. The van der Waals surface area contributed by atoms with Gasteiger partial charge in [-0.25, -0.2) is 9.97 Å². The number of hydrogen-bond donors (Lipinski definition) is 1. The Morgan fingerprint density at radius 1 is 1.43 bits per heavy atom. The van der Waals surface area contributed by atoms with Crippen LogP contribution in [0, 0.1) is 5.92 Å². The highest BCUT2D eigenvalue weighted by atomic mass is 32.2. The quantitative estimate of drug-likeness (QED) is 0.842. The van der Waals surface area contributed by atoms with Crippen molar-refractivity contribution in [2.75, 3.05) is 11.1 Å². The van der Waals surface area contributed by atoms with Crippen molar-refractivity contribution >= 4 is 34.1 Å². The highest BCUT2D eigenvalue weighted by molar-refractivity contribution is 7.99. The number of nitrogens with zero attached hydrogens (tertiary/aromatic N) is 3. The molecule has 1 aliphatic rings. The molecule has 0 saturated heterocycles. The van der Waals surface area contributed by atoms with Crippen LogP contribution in [0.3, 0.4) is 0 Å². The van der Waals surface area contributed by atoms with Gasteiger partial charge >= 0.3 is 0 Å². The lowest BCUT2D eigenvalue weighted by Gasteiger charge is -2.26. The Kier molecular flexibility index (Phi) is 4.29. The minimum Gasteiger partial charge on any atom is -0.302 e. The molecule has 0 spiro atoms. The summed E-state index contributed by atoms with van der Waals surface area (Å²) in [4.78, 5) is 33.4. The first-order valence-electron chi connectivity index (χ1n) is 7.30.